The van der Waals surface area contributed by atoms with Gasteiger partial charge >= 0.3 is 0 Å². The standard InChI is InChI=1S/C23H38N4O2/c1-24-10-12-27(13-11-24)22-18-26(19-23(22)28)17-20-6-5-7-21(16-20)29-15-14-25-8-3-2-4-9-25/h5-7,16,22-23,28H,2-4,8-15,17-19H2,1H3/t22-,23-/m0/s1. The third-order valence-corrected chi connectivity index (χ3v) is 6.77. The van der Waals surface area contributed by atoms with Crippen LogP contribution in [0, 0.1) is 0 Å². The van der Waals surface area contributed by atoms with E-state index in [1.54, 1.807) is 0 Å². The number of aliphatic hydroxyl groups excluding tert-OH is 1. The Balaban J connectivity index is 1.24. The molecule has 3 fully saturated rings. The predicted octanol–water partition coefficient (Wildman–Crippen LogP) is 1.34. The molecular formula is C23H38N4O2. The van der Waals surface area contributed by atoms with Crippen LogP contribution in [0.2, 0.25) is 0 Å². The van der Waals surface area contributed by atoms with E-state index in [1.165, 1.54) is 37.9 Å². The molecule has 0 saturated carbocycles. The maximum atomic E-state index is 10.6. The number of hydrogen-bond donors (Lipinski definition) is 1. The van der Waals surface area contributed by atoms with Gasteiger partial charge in [0.1, 0.15) is 12.4 Å². The maximum absolute atomic E-state index is 10.6. The van der Waals surface area contributed by atoms with Crippen LogP contribution in [0.5, 0.6) is 5.75 Å². The van der Waals surface area contributed by atoms with Gasteiger partial charge in [-0.05, 0) is 50.7 Å². The zero-order chi connectivity index (χ0) is 20.1. The Morgan fingerprint density at radius 2 is 1.76 bits per heavy atom. The van der Waals surface area contributed by atoms with Crippen molar-refractivity contribution in [2.45, 2.75) is 38.0 Å². The Morgan fingerprint density at radius 3 is 2.55 bits per heavy atom. The first-order valence-electron chi connectivity index (χ1n) is 11.4. The second kappa shape index (κ2) is 10.2. The zero-order valence-corrected chi connectivity index (χ0v) is 18.0. The number of nitrogens with zero attached hydrogens (tertiary/aromatic N) is 4. The highest BCUT2D eigenvalue weighted by molar-refractivity contribution is 5.28. The minimum Gasteiger partial charge on any atom is -0.492 e. The molecule has 1 aromatic carbocycles. The molecule has 4 rings (SSSR count). The van der Waals surface area contributed by atoms with Crippen LogP contribution in [0.15, 0.2) is 24.3 Å². The summed E-state index contributed by atoms with van der Waals surface area (Å²) in [5.41, 5.74) is 1.27. The lowest BCUT2D eigenvalue weighted by molar-refractivity contribution is 0.0512. The van der Waals surface area contributed by atoms with Crippen LogP contribution in [-0.4, -0.2) is 109 Å². The van der Waals surface area contributed by atoms with Crippen LogP contribution in [-0.2, 0) is 6.54 Å². The third-order valence-electron chi connectivity index (χ3n) is 6.77. The molecule has 3 aliphatic heterocycles. The van der Waals surface area contributed by atoms with E-state index in [9.17, 15) is 5.11 Å². The topological polar surface area (TPSA) is 42.4 Å². The largest absolute Gasteiger partial charge is 0.492 e. The summed E-state index contributed by atoms with van der Waals surface area (Å²) in [7, 11) is 2.18. The summed E-state index contributed by atoms with van der Waals surface area (Å²) < 4.78 is 6.04. The van der Waals surface area contributed by atoms with Crippen LogP contribution in [0.1, 0.15) is 24.8 Å². The number of benzene rings is 1. The summed E-state index contributed by atoms with van der Waals surface area (Å²) >= 11 is 0. The molecule has 3 heterocycles. The highest BCUT2D eigenvalue weighted by atomic mass is 16.5. The Morgan fingerprint density at radius 1 is 0.966 bits per heavy atom. The van der Waals surface area contributed by atoms with Gasteiger partial charge in [0.15, 0.2) is 0 Å². The van der Waals surface area contributed by atoms with E-state index in [-0.39, 0.29) is 12.1 Å². The van der Waals surface area contributed by atoms with E-state index in [0.29, 0.717) is 0 Å². The van der Waals surface area contributed by atoms with E-state index >= 15 is 0 Å². The molecule has 6 nitrogen and oxygen atoms in total. The number of ether oxygens (including phenoxy) is 1. The fraction of sp³-hybridized carbons (Fsp3) is 0.739. The van der Waals surface area contributed by atoms with Crippen molar-refractivity contribution < 1.29 is 9.84 Å². The van der Waals surface area contributed by atoms with Crippen LogP contribution in [0.25, 0.3) is 0 Å². The van der Waals surface area contributed by atoms with Crippen molar-refractivity contribution in [1.29, 1.82) is 0 Å². The first-order valence-corrected chi connectivity index (χ1v) is 11.4. The number of piperazine rings is 1. The molecule has 3 saturated heterocycles. The molecule has 0 amide bonds. The summed E-state index contributed by atoms with van der Waals surface area (Å²) in [6.07, 6.45) is 3.78. The van der Waals surface area contributed by atoms with E-state index in [1.807, 2.05) is 0 Å². The molecular weight excluding hydrogens is 364 g/mol. The number of aliphatic hydroxyl groups is 1. The Kier molecular flexibility index (Phi) is 7.43. The van der Waals surface area contributed by atoms with Gasteiger partial charge in [0.05, 0.1) is 6.10 Å². The molecule has 29 heavy (non-hydrogen) atoms. The van der Waals surface area contributed by atoms with Crippen LogP contribution >= 0.6 is 0 Å². The van der Waals surface area contributed by atoms with Gasteiger partial charge in [0.25, 0.3) is 0 Å². The average molecular weight is 403 g/mol. The lowest BCUT2D eigenvalue weighted by atomic mass is 10.1. The lowest BCUT2D eigenvalue weighted by Gasteiger charge is -2.37. The monoisotopic (exact) mass is 402 g/mol. The van der Waals surface area contributed by atoms with Gasteiger partial charge < -0.3 is 14.7 Å². The van der Waals surface area contributed by atoms with Crippen molar-refractivity contribution in [3.63, 3.8) is 0 Å². The molecule has 0 spiro atoms. The predicted molar refractivity (Wildman–Crippen MR) is 116 cm³/mol. The zero-order valence-electron chi connectivity index (χ0n) is 18.0. The van der Waals surface area contributed by atoms with Gasteiger partial charge in [0.2, 0.25) is 0 Å². The molecule has 162 valence electrons. The number of piperidine rings is 1. The molecule has 3 aliphatic rings. The number of β-amino-alcohol motifs (C(OH)–C–C–N with tert-alkyl or cyclic N) is 1. The van der Waals surface area contributed by atoms with Crippen molar-refractivity contribution in [2.24, 2.45) is 0 Å². The SMILES string of the molecule is CN1CCN([C@H]2CN(Cc3cccc(OCCN4CCCCC4)c3)C[C@@H]2O)CC1. The molecule has 1 N–H and O–H groups in total. The van der Waals surface area contributed by atoms with Gasteiger partial charge in [-0.15, -0.1) is 0 Å². The molecule has 0 bridgehead atoms. The first kappa shape index (κ1) is 21.1. The van der Waals surface area contributed by atoms with Crippen molar-refractivity contribution in [3.05, 3.63) is 29.8 Å². The fourth-order valence-electron chi connectivity index (χ4n) is 4.96. The van der Waals surface area contributed by atoms with Crippen molar-refractivity contribution in [2.75, 3.05) is 72.6 Å². The first-order chi connectivity index (χ1) is 14.2. The minimum atomic E-state index is -0.248. The molecule has 0 aliphatic carbocycles. The Labute approximate surface area is 176 Å². The maximum Gasteiger partial charge on any atom is 0.119 e. The number of likely N-dealkylation sites (N-methyl/N-ethyl adjacent to an activating group) is 1. The fourth-order valence-corrected chi connectivity index (χ4v) is 4.96. The van der Waals surface area contributed by atoms with Crippen molar-refractivity contribution in [3.8, 4) is 5.75 Å². The Bertz CT molecular complexity index is 629. The van der Waals surface area contributed by atoms with Crippen molar-refractivity contribution in [1.82, 2.24) is 19.6 Å². The van der Waals surface area contributed by atoms with E-state index in [2.05, 4.69) is 50.9 Å². The summed E-state index contributed by atoms with van der Waals surface area (Å²) in [5, 5.41) is 10.6. The molecule has 0 aromatic heterocycles. The molecule has 0 radical (unpaired) electrons. The molecule has 2 atom stereocenters. The molecule has 6 heteroatoms. The van der Waals surface area contributed by atoms with Gasteiger partial charge in [0, 0.05) is 58.4 Å². The summed E-state index contributed by atoms with van der Waals surface area (Å²) in [6.45, 7) is 11.1. The van der Waals surface area contributed by atoms with Crippen LogP contribution in [0.3, 0.4) is 0 Å². The van der Waals surface area contributed by atoms with Crippen molar-refractivity contribution >= 4 is 0 Å². The van der Waals surface area contributed by atoms with E-state index in [4.69, 9.17) is 4.74 Å². The normalized spacial score (nSPS) is 28.1. The van der Waals surface area contributed by atoms with E-state index in [0.717, 1.165) is 64.7 Å². The Hall–Kier alpha value is -1.18. The number of hydrogen-bond acceptors (Lipinski definition) is 6. The second-order valence-corrected chi connectivity index (χ2v) is 9.07. The highest BCUT2D eigenvalue weighted by Crippen LogP contribution is 2.22. The summed E-state index contributed by atoms with van der Waals surface area (Å²) in [5.74, 6) is 0.967. The number of rotatable bonds is 7. The third kappa shape index (κ3) is 5.92. The lowest BCUT2D eigenvalue weighted by Crippen LogP contribution is -2.52. The van der Waals surface area contributed by atoms with Gasteiger partial charge in [-0.25, -0.2) is 0 Å². The highest BCUT2D eigenvalue weighted by Gasteiger charge is 2.36. The molecule has 0 unspecified atom stereocenters. The minimum absolute atomic E-state index is 0.248. The number of likely N-dealkylation sites (tertiary alicyclic amines) is 2. The molecule has 1 aromatic rings. The van der Waals surface area contributed by atoms with E-state index < -0.39 is 0 Å². The van der Waals surface area contributed by atoms with Crippen LogP contribution < -0.4 is 4.74 Å². The van der Waals surface area contributed by atoms with Gasteiger partial charge in [-0.2, -0.15) is 0 Å². The quantitative estimate of drug-likeness (QED) is 0.743. The second-order valence-electron chi connectivity index (χ2n) is 9.07. The summed E-state index contributed by atoms with van der Waals surface area (Å²) in [4.78, 5) is 9.75. The van der Waals surface area contributed by atoms with Gasteiger partial charge in [-0.3, -0.25) is 14.7 Å². The van der Waals surface area contributed by atoms with Crippen LogP contribution in [0.4, 0.5) is 0 Å². The smallest absolute Gasteiger partial charge is 0.119 e. The van der Waals surface area contributed by atoms with Gasteiger partial charge in [-0.1, -0.05) is 18.6 Å². The average Bonchev–Trinajstić information content (AvgIpc) is 3.09. The summed E-state index contributed by atoms with van der Waals surface area (Å²) in [6, 6.07) is 8.77.